The molecule has 1 atom stereocenters. The Morgan fingerprint density at radius 3 is 2.03 bits per heavy atom. The molecule has 1 amide bonds. The number of anilines is 2. The van der Waals surface area contributed by atoms with E-state index < -0.39 is 32.0 Å². The Balaban J connectivity index is 2.30. The summed E-state index contributed by atoms with van der Waals surface area (Å²) in [4.78, 5) is 13.0. The van der Waals surface area contributed by atoms with E-state index in [4.69, 9.17) is 0 Å². The number of amides is 1. The van der Waals surface area contributed by atoms with E-state index in [1.807, 2.05) is 19.1 Å². The van der Waals surface area contributed by atoms with Crippen LogP contribution in [0.4, 0.5) is 11.4 Å². The summed E-state index contributed by atoms with van der Waals surface area (Å²) in [6, 6.07) is 10.2. The fraction of sp³-hybridized carbons (Fsp3) is 0.409. The molecule has 1 unspecified atom stereocenters. The van der Waals surface area contributed by atoms with E-state index >= 15 is 0 Å². The molecule has 0 heterocycles. The number of benzene rings is 2. The van der Waals surface area contributed by atoms with E-state index in [2.05, 4.69) is 5.32 Å². The molecular weight excluding hydrogens is 450 g/mol. The van der Waals surface area contributed by atoms with Gasteiger partial charge in [0, 0.05) is 18.8 Å². The van der Waals surface area contributed by atoms with Crippen LogP contribution in [0.2, 0.25) is 0 Å². The second kappa shape index (κ2) is 10.0. The second-order valence-corrected chi connectivity index (χ2v) is 11.4. The molecule has 0 spiro atoms. The van der Waals surface area contributed by atoms with Gasteiger partial charge in [0.15, 0.2) is 0 Å². The molecule has 0 aliphatic heterocycles. The molecule has 0 aromatic heterocycles. The zero-order chi connectivity index (χ0) is 24.3. The largest absolute Gasteiger partial charge is 0.324 e. The maximum Gasteiger partial charge on any atom is 0.247 e. The molecule has 0 bridgehead atoms. The highest BCUT2D eigenvalue weighted by Crippen LogP contribution is 2.27. The summed E-state index contributed by atoms with van der Waals surface area (Å²) in [6.07, 6.45) is 1.06. The number of carbonyl (C=O) groups is 1. The summed E-state index contributed by atoms with van der Waals surface area (Å²) in [5.74, 6) is -0.532. The molecule has 0 radical (unpaired) electrons. The van der Waals surface area contributed by atoms with E-state index in [-0.39, 0.29) is 4.90 Å². The van der Waals surface area contributed by atoms with Gasteiger partial charge in [0.25, 0.3) is 0 Å². The molecular formula is C22H31N3O5S2. The lowest BCUT2D eigenvalue weighted by molar-refractivity contribution is -0.116. The highest BCUT2D eigenvalue weighted by Gasteiger charge is 2.30. The Hall–Kier alpha value is -2.43. The van der Waals surface area contributed by atoms with Gasteiger partial charge in [-0.25, -0.2) is 16.8 Å². The first-order valence-corrected chi connectivity index (χ1v) is 13.6. The summed E-state index contributed by atoms with van der Waals surface area (Å²) < 4.78 is 52.8. The molecule has 2 rings (SSSR count). The molecule has 10 heteroatoms. The van der Waals surface area contributed by atoms with Gasteiger partial charge in [-0.05, 0) is 62.2 Å². The van der Waals surface area contributed by atoms with Gasteiger partial charge in [0.1, 0.15) is 6.04 Å². The fourth-order valence-electron chi connectivity index (χ4n) is 3.41. The third kappa shape index (κ3) is 5.67. The van der Waals surface area contributed by atoms with Crippen LogP contribution in [-0.2, 0) is 24.8 Å². The van der Waals surface area contributed by atoms with Crippen molar-refractivity contribution >= 4 is 37.3 Å². The summed E-state index contributed by atoms with van der Waals surface area (Å²) >= 11 is 0. The number of aryl methyl sites for hydroxylation is 2. The first-order chi connectivity index (χ1) is 14.8. The molecule has 2 aromatic carbocycles. The van der Waals surface area contributed by atoms with Gasteiger partial charge in [-0.3, -0.25) is 9.10 Å². The highest BCUT2D eigenvalue weighted by atomic mass is 32.2. The SMILES string of the molecule is CCN(CC)S(=O)(=O)c1ccc(NC(=O)C(C)N(c2cc(C)ccc2C)S(C)(=O)=O)cc1. The molecule has 32 heavy (non-hydrogen) atoms. The van der Waals surface area contributed by atoms with Crippen molar-refractivity contribution in [1.29, 1.82) is 0 Å². The van der Waals surface area contributed by atoms with Crippen LogP contribution in [0.15, 0.2) is 47.4 Å². The van der Waals surface area contributed by atoms with Crippen molar-refractivity contribution in [2.75, 3.05) is 29.0 Å². The van der Waals surface area contributed by atoms with Crippen LogP contribution in [0.5, 0.6) is 0 Å². The smallest absolute Gasteiger partial charge is 0.247 e. The number of hydrogen-bond acceptors (Lipinski definition) is 5. The van der Waals surface area contributed by atoms with Crippen molar-refractivity contribution in [3.63, 3.8) is 0 Å². The van der Waals surface area contributed by atoms with Crippen molar-refractivity contribution in [3.05, 3.63) is 53.6 Å². The molecule has 0 saturated carbocycles. The van der Waals surface area contributed by atoms with E-state index in [0.717, 1.165) is 21.7 Å². The monoisotopic (exact) mass is 481 g/mol. The highest BCUT2D eigenvalue weighted by molar-refractivity contribution is 7.92. The molecule has 8 nitrogen and oxygen atoms in total. The molecule has 176 valence electrons. The van der Waals surface area contributed by atoms with Crippen molar-refractivity contribution < 1.29 is 21.6 Å². The second-order valence-electron chi connectivity index (χ2n) is 7.63. The van der Waals surface area contributed by atoms with Crippen molar-refractivity contribution in [2.24, 2.45) is 0 Å². The predicted octanol–water partition coefficient (Wildman–Crippen LogP) is 3.13. The third-order valence-corrected chi connectivity index (χ3v) is 8.45. The lowest BCUT2D eigenvalue weighted by atomic mass is 10.1. The van der Waals surface area contributed by atoms with Crippen molar-refractivity contribution in [3.8, 4) is 0 Å². The van der Waals surface area contributed by atoms with Crippen LogP contribution in [0.25, 0.3) is 0 Å². The Morgan fingerprint density at radius 1 is 0.969 bits per heavy atom. The molecule has 0 saturated heterocycles. The van der Waals surface area contributed by atoms with Gasteiger partial charge in [-0.2, -0.15) is 4.31 Å². The van der Waals surface area contributed by atoms with Crippen LogP contribution in [0.3, 0.4) is 0 Å². The molecule has 0 aliphatic carbocycles. The Morgan fingerprint density at radius 2 is 1.53 bits per heavy atom. The summed E-state index contributed by atoms with van der Waals surface area (Å²) in [6.45, 7) is 9.38. The summed E-state index contributed by atoms with van der Waals surface area (Å²) in [7, 11) is -7.35. The van der Waals surface area contributed by atoms with Crippen LogP contribution < -0.4 is 9.62 Å². The van der Waals surface area contributed by atoms with Crippen molar-refractivity contribution in [2.45, 2.75) is 45.6 Å². The zero-order valence-electron chi connectivity index (χ0n) is 19.3. The minimum absolute atomic E-state index is 0.125. The Bertz CT molecular complexity index is 1170. The molecule has 2 aromatic rings. The number of hydrogen-bond donors (Lipinski definition) is 1. The normalized spacial score (nSPS) is 13.1. The topological polar surface area (TPSA) is 104 Å². The molecule has 1 N–H and O–H groups in total. The minimum atomic E-state index is -3.75. The van der Waals surface area contributed by atoms with Crippen LogP contribution >= 0.6 is 0 Å². The first-order valence-electron chi connectivity index (χ1n) is 10.3. The van der Waals surface area contributed by atoms with Gasteiger partial charge < -0.3 is 5.32 Å². The molecule has 0 aliphatic rings. The third-order valence-electron chi connectivity index (χ3n) is 5.16. The maximum absolute atomic E-state index is 12.9. The van der Waals surface area contributed by atoms with Gasteiger partial charge in [-0.1, -0.05) is 26.0 Å². The number of rotatable bonds is 9. The summed E-state index contributed by atoms with van der Waals surface area (Å²) in [5.41, 5.74) is 2.41. The fourth-order valence-corrected chi connectivity index (χ4v) is 6.09. The minimum Gasteiger partial charge on any atom is -0.324 e. The lowest BCUT2D eigenvalue weighted by Crippen LogP contribution is -2.45. The zero-order valence-corrected chi connectivity index (χ0v) is 20.9. The number of sulfonamides is 2. The average molecular weight is 482 g/mol. The maximum atomic E-state index is 12.9. The van der Waals surface area contributed by atoms with Gasteiger partial charge >= 0.3 is 0 Å². The van der Waals surface area contributed by atoms with E-state index in [0.29, 0.717) is 24.5 Å². The van der Waals surface area contributed by atoms with Crippen molar-refractivity contribution in [1.82, 2.24) is 4.31 Å². The van der Waals surface area contributed by atoms with Gasteiger partial charge in [0.05, 0.1) is 16.8 Å². The van der Waals surface area contributed by atoms with Crippen LogP contribution in [-0.4, -0.2) is 52.4 Å². The van der Waals surface area contributed by atoms with Crippen LogP contribution in [0.1, 0.15) is 31.9 Å². The average Bonchev–Trinajstić information content (AvgIpc) is 2.70. The van der Waals surface area contributed by atoms with E-state index in [1.54, 1.807) is 26.8 Å². The van der Waals surface area contributed by atoms with Gasteiger partial charge in [-0.15, -0.1) is 0 Å². The first kappa shape index (κ1) is 25.8. The number of carbonyl (C=O) groups excluding carboxylic acids is 1. The predicted molar refractivity (Wildman–Crippen MR) is 128 cm³/mol. The van der Waals surface area contributed by atoms with Crippen LogP contribution in [0, 0.1) is 13.8 Å². The standard InChI is InChI=1S/C22H31N3O5S2/c1-7-24(8-2)32(29,30)20-13-11-19(12-14-20)23-22(26)18(5)25(31(6,27)28)21-15-16(3)9-10-17(21)4/h9-15,18H,7-8H2,1-6H3,(H,23,26). The van der Waals surface area contributed by atoms with E-state index in [9.17, 15) is 21.6 Å². The number of nitrogens with zero attached hydrogens (tertiary/aromatic N) is 2. The van der Waals surface area contributed by atoms with Gasteiger partial charge in [0.2, 0.25) is 26.0 Å². The molecule has 0 fully saturated rings. The lowest BCUT2D eigenvalue weighted by Gasteiger charge is -2.29. The Labute approximate surface area is 191 Å². The van der Waals surface area contributed by atoms with E-state index in [1.165, 1.54) is 35.5 Å². The summed E-state index contributed by atoms with van der Waals surface area (Å²) in [5, 5.41) is 2.68. The number of nitrogens with one attached hydrogen (secondary N) is 1. The quantitative estimate of drug-likeness (QED) is 0.593. The Kier molecular flexibility index (Phi) is 8.08.